The Labute approximate surface area is 130 Å². The van der Waals surface area contributed by atoms with E-state index in [1.807, 2.05) is 19.9 Å². The number of nitrogens with zero attached hydrogens (tertiary/aromatic N) is 2. The minimum absolute atomic E-state index is 0.171. The summed E-state index contributed by atoms with van der Waals surface area (Å²) in [6, 6.07) is 6.54. The molecular formula is C14H16BrFN2OS. The zero-order chi connectivity index (χ0) is 14.7. The molecule has 1 aromatic heterocycles. The molecular weight excluding hydrogens is 343 g/mol. The molecule has 2 aromatic rings. The first-order valence-electron chi connectivity index (χ1n) is 6.28. The Morgan fingerprint density at radius 1 is 1.45 bits per heavy atom. The summed E-state index contributed by atoms with van der Waals surface area (Å²) in [7, 11) is 0. The van der Waals surface area contributed by atoms with E-state index < -0.39 is 6.10 Å². The number of aliphatic hydroxyl groups excluding tert-OH is 1. The van der Waals surface area contributed by atoms with Gasteiger partial charge in [0.15, 0.2) is 0 Å². The second kappa shape index (κ2) is 6.74. The van der Waals surface area contributed by atoms with Gasteiger partial charge in [-0.1, -0.05) is 6.07 Å². The summed E-state index contributed by atoms with van der Waals surface area (Å²) in [5.41, 5.74) is 0.754. The molecule has 0 saturated carbocycles. The van der Waals surface area contributed by atoms with Crippen LogP contribution in [0, 0.1) is 5.82 Å². The summed E-state index contributed by atoms with van der Waals surface area (Å²) in [5, 5.41) is 14.6. The van der Waals surface area contributed by atoms with E-state index >= 15 is 0 Å². The van der Waals surface area contributed by atoms with Crippen LogP contribution in [0.1, 0.15) is 31.7 Å². The zero-order valence-corrected chi connectivity index (χ0v) is 13.7. The molecule has 1 heterocycles. The highest BCUT2D eigenvalue weighted by Crippen LogP contribution is 2.30. The van der Waals surface area contributed by atoms with Gasteiger partial charge in [-0.2, -0.15) is 5.10 Å². The molecule has 0 radical (unpaired) electrons. The van der Waals surface area contributed by atoms with Gasteiger partial charge in [0.25, 0.3) is 0 Å². The maximum atomic E-state index is 13.1. The first kappa shape index (κ1) is 15.5. The molecule has 6 heteroatoms. The predicted molar refractivity (Wildman–Crippen MR) is 82.4 cm³/mol. The van der Waals surface area contributed by atoms with Crippen LogP contribution in [-0.2, 0) is 0 Å². The molecule has 0 spiro atoms. The smallest absolute Gasteiger partial charge is 0.124 e. The monoisotopic (exact) mass is 358 g/mol. The maximum absolute atomic E-state index is 13.1. The first-order valence-corrected chi connectivity index (χ1v) is 8.06. The van der Waals surface area contributed by atoms with E-state index in [1.54, 1.807) is 16.9 Å². The molecule has 3 nitrogen and oxygen atoms in total. The van der Waals surface area contributed by atoms with Crippen LogP contribution in [-0.4, -0.2) is 20.6 Å². The number of rotatable bonds is 5. The fraction of sp³-hybridized carbons (Fsp3) is 0.357. The largest absolute Gasteiger partial charge is 0.386 e. The van der Waals surface area contributed by atoms with Crippen molar-refractivity contribution < 1.29 is 9.50 Å². The third kappa shape index (κ3) is 3.62. The van der Waals surface area contributed by atoms with Crippen molar-refractivity contribution in [1.29, 1.82) is 0 Å². The van der Waals surface area contributed by atoms with Gasteiger partial charge >= 0.3 is 0 Å². The van der Waals surface area contributed by atoms with Gasteiger partial charge in [-0.25, -0.2) is 4.39 Å². The van der Waals surface area contributed by atoms with Crippen LogP contribution in [0.5, 0.6) is 0 Å². The van der Waals surface area contributed by atoms with E-state index in [0.29, 0.717) is 5.75 Å². The fourth-order valence-electron chi connectivity index (χ4n) is 1.88. The lowest BCUT2D eigenvalue weighted by Crippen LogP contribution is -2.13. The zero-order valence-electron chi connectivity index (χ0n) is 11.3. The molecule has 0 fully saturated rings. The van der Waals surface area contributed by atoms with Crippen molar-refractivity contribution in [2.24, 2.45) is 0 Å². The topological polar surface area (TPSA) is 38.0 Å². The number of aromatic nitrogens is 2. The van der Waals surface area contributed by atoms with Gasteiger partial charge < -0.3 is 5.11 Å². The molecule has 0 saturated heterocycles. The summed E-state index contributed by atoms with van der Waals surface area (Å²) >= 11 is 4.83. The standard InChI is InChI=1S/C14H16BrFN2OS/c1-9(2)18-14(12(15)7-17-18)13(19)8-20-11-5-3-4-10(16)6-11/h3-7,9,13,19H,8H2,1-2H3. The van der Waals surface area contributed by atoms with E-state index in [9.17, 15) is 9.50 Å². The molecule has 20 heavy (non-hydrogen) atoms. The van der Waals surface area contributed by atoms with Crippen molar-refractivity contribution >= 4 is 27.7 Å². The van der Waals surface area contributed by atoms with E-state index in [-0.39, 0.29) is 11.9 Å². The molecule has 108 valence electrons. The van der Waals surface area contributed by atoms with E-state index in [0.717, 1.165) is 15.1 Å². The minimum atomic E-state index is -0.664. The number of hydrogen-bond donors (Lipinski definition) is 1. The van der Waals surface area contributed by atoms with Crippen LogP contribution in [0.2, 0.25) is 0 Å². The second-order valence-corrected chi connectivity index (χ2v) is 6.65. The summed E-state index contributed by atoms with van der Waals surface area (Å²) in [5.74, 6) is 0.179. The van der Waals surface area contributed by atoms with Gasteiger partial charge in [0.2, 0.25) is 0 Å². The number of thioether (sulfide) groups is 1. The van der Waals surface area contributed by atoms with Crippen molar-refractivity contribution in [3.8, 4) is 0 Å². The van der Waals surface area contributed by atoms with Crippen molar-refractivity contribution in [3.63, 3.8) is 0 Å². The highest BCUT2D eigenvalue weighted by Gasteiger charge is 2.19. The molecule has 0 aliphatic rings. The number of halogens is 2. The quantitative estimate of drug-likeness (QED) is 0.814. The van der Waals surface area contributed by atoms with Crippen molar-refractivity contribution in [2.45, 2.75) is 30.9 Å². The Morgan fingerprint density at radius 2 is 2.20 bits per heavy atom. The maximum Gasteiger partial charge on any atom is 0.124 e. The highest BCUT2D eigenvalue weighted by atomic mass is 79.9. The molecule has 1 aromatic carbocycles. The summed E-state index contributed by atoms with van der Waals surface area (Å²) in [6.07, 6.45) is 1.02. The van der Waals surface area contributed by atoms with Crippen LogP contribution in [0.15, 0.2) is 39.8 Å². The molecule has 0 aliphatic carbocycles. The molecule has 1 N–H and O–H groups in total. The van der Waals surface area contributed by atoms with Crippen molar-refractivity contribution in [2.75, 3.05) is 5.75 Å². The Bertz CT molecular complexity index is 588. The van der Waals surface area contributed by atoms with E-state index in [4.69, 9.17) is 0 Å². The lowest BCUT2D eigenvalue weighted by Gasteiger charge is -2.16. The first-order chi connectivity index (χ1) is 9.49. The van der Waals surface area contributed by atoms with Crippen LogP contribution in [0.25, 0.3) is 0 Å². The molecule has 0 aliphatic heterocycles. The van der Waals surface area contributed by atoms with E-state index in [1.165, 1.54) is 23.9 Å². The summed E-state index contributed by atoms with van der Waals surface area (Å²) in [4.78, 5) is 0.802. The molecule has 2 rings (SSSR count). The summed E-state index contributed by atoms with van der Waals surface area (Å²) < 4.78 is 15.7. The average molecular weight is 359 g/mol. The van der Waals surface area contributed by atoms with Gasteiger partial charge in [0.1, 0.15) is 11.9 Å². The SMILES string of the molecule is CC(C)n1ncc(Br)c1C(O)CSc1cccc(F)c1. The Kier molecular flexibility index (Phi) is 5.23. The number of benzene rings is 1. The molecule has 0 bridgehead atoms. The Hall–Kier alpha value is -0.850. The van der Waals surface area contributed by atoms with Crippen LogP contribution in [0.4, 0.5) is 4.39 Å². The van der Waals surface area contributed by atoms with Crippen LogP contribution in [0.3, 0.4) is 0 Å². The average Bonchev–Trinajstić information content (AvgIpc) is 2.78. The minimum Gasteiger partial charge on any atom is -0.386 e. The lowest BCUT2D eigenvalue weighted by atomic mass is 10.2. The second-order valence-electron chi connectivity index (χ2n) is 4.70. The highest BCUT2D eigenvalue weighted by molar-refractivity contribution is 9.10. The van der Waals surface area contributed by atoms with Crippen molar-refractivity contribution in [3.05, 3.63) is 46.4 Å². The normalized spacial score (nSPS) is 12.9. The lowest BCUT2D eigenvalue weighted by molar-refractivity contribution is 0.188. The van der Waals surface area contributed by atoms with Gasteiger partial charge in [0, 0.05) is 16.7 Å². The van der Waals surface area contributed by atoms with Gasteiger partial charge in [-0.15, -0.1) is 11.8 Å². The Morgan fingerprint density at radius 3 is 2.85 bits per heavy atom. The third-order valence-corrected chi connectivity index (χ3v) is 4.48. The predicted octanol–water partition coefficient (Wildman–Crippen LogP) is 4.19. The number of hydrogen-bond acceptors (Lipinski definition) is 3. The third-order valence-electron chi connectivity index (χ3n) is 2.80. The molecule has 0 amide bonds. The fourth-order valence-corrected chi connectivity index (χ4v) is 3.30. The van der Waals surface area contributed by atoms with Gasteiger partial charge in [0.05, 0.1) is 16.4 Å². The van der Waals surface area contributed by atoms with Gasteiger partial charge in [-0.05, 0) is 48.0 Å². The van der Waals surface area contributed by atoms with E-state index in [2.05, 4.69) is 21.0 Å². The number of aliphatic hydroxyl groups is 1. The Balaban J connectivity index is 2.09. The van der Waals surface area contributed by atoms with Crippen molar-refractivity contribution in [1.82, 2.24) is 9.78 Å². The van der Waals surface area contributed by atoms with Crippen LogP contribution < -0.4 is 0 Å². The van der Waals surface area contributed by atoms with Crippen LogP contribution >= 0.6 is 27.7 Å². The molecule has 1 atom stereocenters. The van der Waals surface area contributed by atoms with Gasteiger partial charge in [-0.3, -0.25) is 4.68 Å². The summed E-state index contributed by atoms with van der Waals surface area (Å²) in [6.45, 7) is 4.02. The molecule has 1 unspecified atom stereocenters.